The van der Waals surface area contributed by atoms with E-state index in [1.807, 2.05) is 0 Å². The van der Waals surface area contributed by atoms with Crippen LogP contribution in [0.1, 0.15) is 88.2 Å². The fourth-order valence-corrected chi connectivity index (χ4v) is 4.57. The Morgan fingerprint density at radius 2 is 0.688 bits per heavy atom. The molecule has 174 valence electrons. The molecule has 2 heterocycles. The zero-order chi connectivity index (χ0) is 22.1. The first kappa shape index (κ1) is 24.4. The zero-order valence-electron chi connectivity index (χ0n) is 20.1. The zero-order valence-corrected chi connectivity index (χ0v) is 20.1. The van der Waals surface area contributed by atoms with Crippen molar-refractivity contribution in [2.45, 2.75) is 103 Å². The molecule has 0 bridgehead atoms. The number of hydrogen-bond donors (Lipinski definition) is 0. The van der Waals surface area contributed by atoms with Gasteiger partial charge in [0.15, 0.2) is 0 Å². The smallest absolute Gasteiger partial charge is 0.0219 e. The van der Waals surface area contributed by atoms with E-state index in [9.17, 15) is 0 Å². The van der Waals surface area contributed by atoms with Crippen molar-refractivity contribution in [3.8, 4) is 0 Å². The molecule has 3 rings (SSSR count). The Bertz CT molecular complexity index is 715. The van der Waals surface area contributed by atoms with E-state index in [1.165, 1.54) is 114 Å². The maximum absolute atomic E-state index is 2.37. The lowest BCUT2D eigenvalue weighted by atomic mass is 10.0. The highest BCUT2D eigenvalue weighted by Crippen LogP contribution is 2.14. The molecular formula is C30H44N2. The number of hydrogen-bond acceptors (Lipinski definition) is 0. The Hall–Kier alpha value is -2.22. The van der Waals surface area contributed by atoms with Crippen molar-refractivity contribution in [2.24, 2.45) is 0 Å². The van der Waals surface area contributed by atoms with Crippen LogP contribution in [0.5, 0.6) is 0 Å². The predicted molar refractivity (Wildman–Crippen MR) is 138 cm³/mol. The molecule has 0 unspecified atom stereocenters. The first-order chi connectivity index (χ1) is 15.9. The van der Waals surface area contributed by atoms with Gasteiger partial charge in [0.05, 0.1) is 0 Å². The molecule has 0 aliphatic heterocycles. The quantitative estimate of drug-likeness (QED) is 0.178. The molecular weight excluding hydrogens is 388 g/mol. The minimum absolute atomic E-state index is 1.17. The molecule has 0 spiro atoms. The first-order valence-corrected chi connectivity index (χ1v) is 13.2. The minimum Gasteiger partial charge on any atom is -0.354 e. The van der Waals surface area contributed by atoms with Gasteiger partial charge in [0.1, 0.15) is 0 Å². The van der Waals surface area contributed by atoms with E-state index >= 15 is 0 Å². The molecule has 0 saturated heterocycles. The van der Waals surface area contributed by atoms with Crippen LogP contribution in [0.25, 0.3) is 0 Å². The van der Waals surface area contributed by atoms with Crippen molar-refractivity contribution in [1.29, 1.82) is 0 Å². The van der Waals surface area contributed by atoms with Crippen LogP contribution in [0.15, 0.2) is 73.3 Å². The van der Waals surface area contributed by atoms with E-state index < -0.39 is 0 Å². The van der Waals surface area contributed by atoms with Gasteiger partial charge in [-0.3, -0.25) is 0 Å². The summed E-state index contributed by atoms with van der Waals surface area (Å²) in [6.45, 7) is 2.35. The second kappa shape index (κ2) is 15.6. The van der Waals surface area contributed by atoms with Crippen molar-refractivity contribution >= 4 is 0 Å². The van der Waals surface area contributed by atoms with E-state index in [1.54, 1.807) is 0 Å². The summed E-state index contributed by atoms with van der Waals surface area (Å²) in [6.07, 6.45) is 27.4. The number of nitrogens with zero attached hydrogens (tertiary/aromatic N) is 2. The Morgan fingerprint density at radius 3 is 1.06 bits per heavy atom. The minimum atomic E-state index is 1.17. The van der Waals surface area contributed by atoms with Crippen molar-refractivity contribution in [1.82, 2.24) is 9.13 Å². The normalized spacial score (nSPS) is 11.2. The lowest BCUT2D eigenvalue weighted by molar-refractivity contribution is 0.552. The van der Waals surface area contributed by atoms with Gasteiger partial charge in [-0.05, 0) is 73.9 Å². The number of aryl methyl sites for hydroxylation is 4. The fourth-order valence-electron chi connectivity index (χ4n) is 4.57. The van der Waals surface area contributed by atoms with Gasteiger partial charge in [0.25, 0.3) is 0 Å². The summed E-state index contributed by atoms with van der Waals surface area (Å²) in [5.41, 5.74) is 3.04. The van der Waals surface area contributed by atoms with E-state index in [0.29, 0.717) is 0 Å². The molecule has 32 heavy (non-hydrogen) atoms. The van der Waals surface area contributed by atoms with Gasteiger partial charge in [-0.15, -0.1) is 0 Å². The lowest BCUT2D eigenvalue weighted by Crippen LogP contribution is -1.94. The van der Waals surface area contributed by atoms with Crippen LogP contribution in [0, 0.1) is 0 Å². The molecule has 0 aliphatic rings. The SMILES string of the molecule is c1ccn(CCCCCCCCc2ccc(CCCCCCCCn3cccc3)cc2)c1. The van der Waals surface area contributed by atoms with Crippen LogP contribution >= 0.6 is 0 Å². The highest BCUT2D eigenvalue weighted by atomic mass is 14.9. The third-order valence-corrected chi connectivity index (χ3v) is 6.62. The molecule has 0 amide bonds. The Labute approximate surface area is 196 Å². The molecule has 0 aliphatic carbocycles. The van der Waals surface area contributed by atoms with Crippen LogP contribution in [0.3, 0.4) is 0 Å². The van der Waals surface area contributed by atoms with E-state index in [2.05, 4.69) is 82.5 Å². The first-order valence-electron chi connectivity index (χ1n) is 13.2. The van der Waals surface area contributed by atoms with Gasteiger partial charge in [-0.25, -0.2) is 0 Å². The summed E-state index contributed by atoms with van der Waals surface area (Å²) in [7, 11) is 0. The summed E-state index contributed by atoms with van der Waals surface area (Å²) in [5, 5.41) is 0. The van der Waals surface area contributed by atoms with Gasteiger partial charge >= 0.3 is 0 Å². The molecule has 0 radical (unpaired) electrons. The summed E-state index contributed by atoms with van der Waals surface area (Å²) >= 11 is 0. The van der Waals surface area contributed by atoms with E-state index in [4.69, 9.17) is 0 Å². The molecule has 2 aromatic heterocycles. The van der Waals surface area contributed by atoms with E-state index in [0.717, 1.165) is 0 Å². The van der Waals surface area contributed by atoms with Crippen LogP contribution < -0.4 is 0 Å². The summed E-state index contributed by atoms with van der Waals surface area (Å²) in [6, 6.07) is 17.9. The molecule has 0 atom stereocenters. The summed E-state index contributed by atoms with van der Waals surface area (Å²) < 4.78 is 4.58. The van der Waals surface area contributed by atoms with Gasteiger partial charge in [0.2, 0.25) is 0 Å². The highest BCUT2D eigenvalue weighted by Gasteiger charge is 1.98. The van der Waals surface area contributed by atoms with Crippen molar-refractivity contribution in [3.05, 3.63) is 84.4 Å². The van der Waals surface area contributed by atoms with Gasteiger partial charge in [-0.1, -0.05) is 75.6 Å². The Balaban J connectivity index is 1.12. The molecule has 2 nitrogen and oxygen atoms in total. The topological polar surface area (TPSA) is 9.86 Å². The Morgan fingerprint density at radius 1 is 0.375 bits per heavy atom. The van der Waals surface area contributed by atoms with Gasteiger partial charge in [-0.2, -0.15) is 0 Å². The molecule has 3 aromatic rings. The second-order valence-corrected chi connectivity index (χ2v) is 9.40. The average Bonchev–Trinajstić information content (AvgIpc) is 3.53. The standard InChI is InChI=1S/C30H44N2/c1(3-7-11-23-31-25-13-14-26-31)5-9-17-29-19-21-30(22-20-29)18-10-6-2-4-8-12-24-32-27-15-16-28-32/h13-16,19-22,25-28H,1-12,17-18,23-24H2. The van der Waals surface area contributed by atoms with Crippen molar-refractivity contribution < 1.29 is 0 Å². The molecule has 0 fully saturated rings. The van der Waals surface area contributed by atoms with Crippen molar-refractivity contribution in [2.75, 3.05) is 0 Å². The summed E-state index contributed by atoms with van der Waals surface area (Å²) in [5.74, 6) is 0. The lowest BCUT2D eigenvalue weighted by Gasteiger charge is -2.06. The number of benzene rings is 1. The Kier molecular flexibility index (Phi) is 11.9. The molecule has 1 aromatic carbocycles. The maximum Gasteiger partial charge on any atom is 0.0219 e. The van der Waals surface area contributed by atoms with Crippen LogP contribution in [0.2, 0.25) is 0 Å². The highest BCUT2D eigenvalue weighted by molar-refractivity contribution is 5.22. The second-order valence-electron chi connectivity index (χ2n) is 9.40. The summed E-state index contributed by atoms with van der Waals surface area (Å²) in [4.78, 5) is 0. The van der Waals surface area contributed by atoms with Crippen LogP contribution in [-0.4, -0.2) is 9.13 Å². The number of rotatable bonds is 18. The van der Waals surface area contributed by atoms with E-state index in [-0.39, 0.29) is 0 Å². The maximum atomic E-state index is 2.37. The van der Waals surface area contributed by atoms with Crippen molar-refractivity contribution in [3.63, 3.8) is 0 Å². The average molecular weight is 433 g/mol. The molecule has 2 heteroatoms. The van der Waals surface area contributed by atoms with Gasteiger partial charge in [0, 0.05) is 37.9 Å². The third kappa shape index (κ3) is 10.4. The number of unbranched alkanes of at least 4 members (excludes halogenated alkanes) is 10. The van der Waals surface area contributed by atoms with Gasteiger partial charge < -0.3 is 9.13 Å². The molecule has 0 saturated carbocycles. The third-order valence-electron chi connectivity index (χ3n) is 6.62. The molecule has 0 N–H and O–H groups in total. The number of aromatic nitrogens is 2. The van der Waals surface area contributed by atoms with Crippen LogP contribution in [-0.2, 0) is 25.9 Å². The fraction of sp³-hybridized carbons (Fsp3) is 0.533. The van der Waals surface area contributed by atoms with Crippen LogP contribution in [0.4, 0.5) is 0 Å². The predicted octanol–water partition coefficient (Wildman–Crippen LogP) is 8.46. The monoisotopic (exact) mass is 432 g/mol. The largest absolute Gasteiger partial charge is 0.354 e.